The second-order valence-corrected chi connectivity index (χ2v) is 15.7. The number of fused-ring (bicyclic) bond motifs is 3. The van der Waals surface area contributed by atoms with Crippen molar-refractivity contribution < 1.29 is 0 Å². The standard InChI is InChI=1S/C40H57N3/c41-38(30-17-7-2-8-18-30)43-39(42(43)28-29-15-5-1-6-16-29)31-25-26-35-34-23-13-14-24-36(34)40(37(35)27-31,32-19-9-3-10-20-32)33-21-11-4-12-22-33/h7,17-19,27,29,31,33-36,38-39H,1-3,5-6,8-11,13-16,20-26,28,41H2/t31?,33?,34?,35?,36?,38?,39?,40?,42-,43?/m1/s1. The molecule has 2 N–H and O–H groups in total. The Morgan fingerprint density at radius 3 is 2.53 bits per heavy atom. The van der Waals surface area contributed by atoms with Gasteiger partial charge < -0.3 is 5.73 Å². The zero-order valence-corrected chi connectivity index (χ0v) is 26.8. The Morgan fingerprint density at radius 2 is 1.74 bits per heavy atom. The minimum absolute atomic E-state index is 0.00634. The van der Waals surface area contributed by atoms with Crippen molar-refractivity contribution in [1.29, 1.82) is 0 Å². The van der Waals surface area contributed by atoms with Crippen LogP contribution in [0.25, 0.3) is 0 Å². The zero-order chi connectivity index (χ0) is 28.8. The molecule has 8 rings (SSSR count). The van der Waals surface area contributed by atoms with E-state index in [4.69, 9.17) is 5.73 Å². The second kappa shape index (κ2) is 12.3. The Hall–Kier alpha value is -1.60. The third-order valence-corrected chi connectivity index (χ3v) is 13.6. The average Bonchev–Trinajstić information content (AvgIpc) is 3.71. The molecule has 0 radical (unpaired) electrons. The smallest absolute Gasteiger partial charge is 0.0985 e. The van der Waals surface area contributed by atoms with Crippen LogP contribution in [0.3, 0.4) is 0 Å². The fourth-order valence-electron chi connectivity index (χ4n) is 11.8. The highest BCUT2D eigenvalue weighted by atomic mass is 15.9. The molecule has 3 saturated carbocycles. The van der Waals surface area contributed by atoms with E-state index in [2.05, 4.69) is 52.2 Å². The van der Waals surface area contributed by atoms with E-state index >= 15 is 0 Å². The lowest BCUT2D eigenvalue weighted by molar-refractivity contribution is 0.102. The highest BCUT2D eigenvalue weighted by Gasteiger charge is 2.63. The summed E-state index contributed by atoms with van der Waals surface area (Å²) in [7, 11) is 0. The molecule has 43 heavy (non-hydrogen) atoms. The van der Waals surface area contributed by atoms with Crippen LogP contribution in [-0.4, -0.2) is 28.9 Å². The summed E-state index contributed by atoms with van der Waals surface area (Å²) < 4.78 is 0. The van der Waals surface area contributed by atoms with Crippen LogP contribution >= 0.6 is 0 Å². The van der Waals surface area contributed by atoms with Crippen molar-refractivity contribution in [2.45, 2.75) is 141 Å². The van der Waals surface area contributed by atoms with Crippen molar-refractivity contribution in [3.05, 3.63) is 47.1 Å². The number of rotatable bonds is 7. The summed E-state index contributed by atoms with van der Waals surface area (Å²) in [5.41, 5.74) is 12.6. The van der Waals surface area contributed by atoms with Crippen LogP contribution in [0.4, 0.5) is 0 Å². The van der Waals surface area contributed by atoms with Gasteiger partial charge in [0.05, 0.1) is 12.3 Å². The number of hydrazine groups is 1. The number of hydrogen-bond donors (Lipinski definition) is 1. The zero-order valence-electron chi connectivity index (χ0n) is 26.8. The number of hydrogen-bond acceptors (Lipinski definition) is 3. The molecule has 0 aromatic rings. The fourth-order valence-corrected chi connectivity index (χ4v) is 11.8. The molecule has 0 amide bonds. The molecule has 1 aliphatic heterocycles. The maximum absolute atomic E-state index is 7.16. The van der Waals surface area contributed by atoms with Gasteiger partial charge in [-0.3, -0.25) is 0 Å². The molecular weight excluding hydrogens is 522 g/mol. The summed E-state index contributed by atoms with van der Waals surface area (Å²) in [5, 5.41) is 5.41. The van der Waals surface area contributed by atoms with Crippen LogP contribution in [0.1, 0.15) is 128 Å². The Morgan fingerprint density at radius 1 is 0.860 bits per heavy atom. The van der Waals surface area contributed by atoms with Crippen LogP contribution < -0.4 is 5.73 Å². The number of nitrogens with two attached hydrogens (primary N) is 1. The predicted octanol–water partition coefficient (Wildman–Crippen LogP) is 9.05. The lowest BCUT2D eigenvalue weighted by Crippen LogP contribution is -2.41. The van der Waals surface area contributed by atoms with Gasteiger partial charge in [0.25, 0.3) is 0 Å². The Kier molecular flexibility index (Phi) is 8.25. The van der Waals surface area contributed by atoms with Crippen molar-refractivity contribution in [3.8, 4) is 11.8 Å². The van der Waals surface area contributed by atoms with Crippen molar-refractivity contribution in [1.82, 2.24) is 10.0 Å². The van der Waals surface area contributed by atoms with Gasteiger partial charge in [-0.2, -0.15) is 5.01 Å². The second-order valence-electron chi connectivity index (χ2n) is 15.7. The van der Waals surface area contributed by atoms with E-state index in [-0.39, 0.29) is 6.17 Å². The Bertz CT molecular complexity index is 1220. The topological polar surface area (TPSA) is 32.0 Å². The normalized spacial score (nSPS) is 43.3. The molecule has 0 spiro atoms. The first kappa shape index (κ1) is 28.8. The van der Waals surface area contributed by atoms with Crippen LogP contribution in [0, 0.1) is 52.8 Å². The fraction of sp³-hybridized carbons (Fsp3) is 0.750. The lowest BCUT2D eigenvalue weighted by atomic mass is 9.54. The van der Waals surface area contributed by atoms with Crippen LogP contribution in [-0.2, 0) is 0 Å². The largest absolute Gasteiger partial charge is 0.311 e. The van der Waals surface area contributed by atoms with Crippen molar-refractivity contribution >= 4 is 0 Å². The summed E-state index contributed by atoms with van der Waals surface area (Å²) in [6.07, 6.45) is 40.2. The molecule has 232 valence electrons. The van der Waals surface area contributed by atoms with Gasteiger partial charge in [-0.1, -0.05) is 73.6 Å². The summed E-state index contributed by atoms with van der Waals surface area (Å²) in [5.74, 6) is 11.9. The Labute approximate surface area is 262 Å². The molecular formula is C40H57N3. The molecule has 10 atom stereocenters. The van der Waals surface area contributed by atoms with E-state index in [0.29, 0.717) is 17.5 Å². The van der Waals surface area contributed by atoms with Crippen LogP contribution in [0.15, 0.2) is 47.1 Å². The molecule has 0 bridgehead atoms. The van der Waals surface area contributed by atoms with Gasteiger partial charge in [-0.25, -0.2) is 5.01 Å². The van der Waals surface area contributed by atoms with Gasteiger partial charge in [-0.15, -0.1) is 11.8 Å². The molecule has 8 aliphatic rings. The maximum Gasteiger partial charge on any atom is 0.0985 e. The molecule has 0 aromatic carbocycles. The van der Waals surface area contributed by atoms with Gasteiger partial charge in [0.15, 0.2) is 0 Å². The summed E-state index contributed by atoms with van der Waals surface area (Å²) >= 11 is 0. The quantitative estimate of drug-likeness (QED) is 0.185. The molecule has 1 heterocycles. The average molecular weight is 580 g/mol. The summed E-state index contributed by atoms with van der Waals surface area (Å²) in [4.78, 5) is 0. The molecule has 4 fully saturated rings. The minimum Gasteiger partial charge on any atom is -0.311 e. The monoisotopic (exact) mass is 579 g/mol. The molecule has 1 saturated heterocycles. The number of allylic oxidation sites excluding steroid dienone is 5. The van der Waals surface area contributed by atoms with Crippen LogP contribution in [0.2, 0.25) is 0 Å². The first-order chi connectivity index (χ1) is 21.3. The van der Waals surface area contributed by atoms with E-state index in [1.807, 2.05) is 11.1 Å². The van der Waals surface area contributed by atoms with E-state index < -0.39 is 0 Å². The van der Waals surface area contributed by atoms with E-state index in [0.717, 1.165) is 55.3 Å². The van der Waals surface area contributed by atoms with Gasteiger partial charge in [0.1, 0.15) is 0 Å². The van der Waals surface area contributed by atoms with Gasteiger partial charge in [0, 0.05) is 30.7 Å². The summed E-state index contributed by atoms with van der Waals surface area (Å²) in [6.45, 7) is 1.22. The SMILES string of the molecule is NC(C1=CCCC=C1)N1C(C2C=C3C(CC2)C2CCCCC2C3(C2=CCCCC2)C2CC#CCC2)[N@@]1CC1CCCCC1. The predicted molar refractivity (Wildman–Crippen MR) is 177 cm³/mol. The molecule has 9 unspecified atom stereocenters. The molecule has 3 nitrogen and oxygen atoms in total. The third-order valence-electron chi connectivity index (χ3n) is 13.6. The lowest BCUT2D eigenvalue weighted by Gasteiger charge is -2.49. The van der Waals surface area contributed by atoms with Gasteiger partial charge in [-0.05, 0) is 119 Å². The van der Waals surface area contributed by atoms with Crippen molar-refractivity contribution in [2.75, 3.05) is 6.54 Å². The van der Waals surface area contributed by atoms with Gasteiger partial charge >= 0.3 is 0 Å². The Balaban J connectivity index is 1.17. The first-order valence-corrected chi connectivity index (χ1v) is 18.8. The highest BCUT2D eigenvalue weighted by molar-refractivity contribution is 5.43. The summed E-state index contributed by atoms with van der Waals surface area (Å²) in [6, 6.07) is 0. The minimum atomic E-state index is 0.00634. The third kappa shape index (κ3) is 5.07. The van der Waals surface area contributed by atoms with E-state index in [1.165, 1.54) is 115 Å². The van der Waals surface area contributed by atoms with Crippen LogP contribution in [0.5, 0.6) is 0 Å². The highest BCUT2D eigenvalue weighted by Crippen LogP contribution is 2.70. The van der Waals surface area contributed by atoms with E-state index in [9.17, 15) is 0 Å². The van der Waals surface area contributed by atoms with Gasteiger partial charge in [0.2, 0.25) is 0 Å². The number of nitrogens with zero attached hydrogens (tertiary/aromatic N) is 2. The molecule has 3 heteroatoms. The van der Waals surface area contributed by atoms with E-state index in [1.54, 1.807) is 0 Å². The first-order valence-electron chi connectivity index (χ1n) is 18.8. The molecule has 7 aliphatic carbocycles. The maximum atomic E-state index is 7.16. The van der Waals surface area contributed by atoms with Crippen molar-refractivity contribution in [3.63, 3.8) is 0 Å². The molecule has 0 aromatic heterocycles. The van der Waals surface area contributed by atoms with Crippen molar-refractivity contribution in [2.24, 2.45) is 46.7 Å².